The lowest BCUT2D eigenvalue weighted by Gasteiger charge is -2.29. The van der Waals surface area contributed by atoms with E-state index in [0.29, 0.717) is 24.7 Å². The lowest BCUT2D eigenvalue weighted by Crippen LogP contribution is -2.51. The van der Waals surface area contributed by atoms with Crippen LogP contribution in [0.1, 0.15) is 115 Å². The average Bonchev–Trinajstić information content (AvgIpc) is 4.10. The largest absolute Gasteiger partial charge is 0.489 e. The molecular weight excluding hydrogens is 813 g/mol. The summed E-state index contributed by atoms with van der Waals surface area (Å²) < 4.78 is 16.1. The van der Waals surface area contributed by atoms with Crippen molar-refractivity contribution >= 4 is 57.7 Å². The van der Waals surface area contributed by atoms with Crippen molar-refractivity contribution in [1.82, 2.24) is 40.4 Å². The summed E-state index contributed by atoms with van der Waals surface area (Å²) in [6.45, 7) is 15.6. The van der Waals surface area contributed by atoms with Crippen molar-refractivity contribution in [2.24, 2.45) is 11.8 Å². The van der Waals surface area contributed by atoms with Crippen LogP contribution in [0.5, 0.6) is 5.75 Å². The molecule has 0 saturated carbocycles. The molecule has 0 bridgehead atoms. The van der Waals surface area contributed by atoms with E-state index in [-0.39, 0.29) is 47.8 Å². The van der Waals surface area contributed by atoms with Crippen LogP contribution < -0.4 is 15.4 Å². The molecule has 4 heterocycles. The predicted octanol–water partition coefficient (Wildman–Crippen LogP) is 8.44. The molecule has 4 unspecified atom stereocenters. The van der Waals surface area contributed by atoms with Gasteiger partial charge in [0.25, 0.3) is 0 Å². The zero-order valence-electron chi connectivity index (χ0n) is 38.4. The Kier molecular flexibility index (Phi) is 13.7. The topological polar surface area (TPSA) is 184 Å². The molecule has 0 aliphatic carbocycles. The van der Waals surface area contributed by atoms with E-state index in [2.05, 4.69) is 71.7 Å². The fourth-order valence-electron chi connectivity index (χ4n) is 8.69. The van der Waals surface area contributed by atoms with Crippen LogP contribution in [0.2, 0.25) is 0 Å². The molecule has 3 aromatic carbocycles. The molecule has 7 rings (SSSR count). The molecule has 15 nitrogen and oxygen atoms in total. The molecule has 2 aliphatic rings. The molecule has 340 valence electrons. The number of aromatic nitrogens is 4. The van der Waals surface area contributed by atoms with Gasteiger partial charge < -0.3 is 44.6 Å². The van der Waals surface area contributed by atoms with Gasteiger partial charge >= 0.3 is 12.2 Å². The maximum absolute atomic E-state index is 13.8. The number of rotatable bonds is 13. The molecule has 15 heteroatoms. The first kappa shape index (κ1) is 45.6. The molecule has 2 saturated heterocycles. The molecule has 5 aromatic rings. The van der Waals surface area contributed by atoms with Crippen LogP contribution in [0.15, 0.2) is 60.7 Å². The van der Waals surface area contributed by atoms with Crippen LogP contribution >= 0.6 is 0 Å². The monoisotopic (exact) mass is 874 g/mol. The van der Waals surface area contributed by atoms with Gasteiger partial charge in [-0.2, -0.15) is 0 Å². The molecular formula is C49H62N8O7. The van der Waals surface area contributed by atoms with Crippen LogP contribution in [0, 0.1) is 11.8 Å². The van der Waals surface area contributed by atoms with E-state index in [1.165, 1.54) is 19.8 Å². The number of imidazole rings is 2. The average molecular weight is 875 g/mol. The number of likely N-dealkylation sites (tertiary alicyclic amines) is 2. The third-order valence-electron chi connectivity index (χ3n) is 12.3. The van der Waals surface area contributed by atoms with Crippen molar-refractivity contribution in [2.45, 2.75) is 104 Å². The third kappa shape index (κ3) is 10.0. The van der Waals surface area contributed by atoms with Crippen molar-refractivity contribution in [3.05, 3.63) is 89.0 Å². The molecule has 4 atom stereocenters. The lowest BCUT2D eigenvalue weighted by molar-refractivity contribution is -0.136. The minimum Gasteiger partial charge on any atom is -0.489 e. The molecule has 2 aliphatic heterocycles. The van der Waals surface area contributed by atoms with Crippen LogP contribution in [0.3, 0.4) is 0 Å². The van der Waals surface area contributed by atoms with Crippen LogP contribution in [0.4, 0.5) is 9.59 Å². The number of carbonyl (C=O) groups excluding carboxylic acids is 4. The number of ether oxygens (including phenoxy) is 3. The summed E-state index contributed by atoms with van der Waals surface area (Å²) in [5, 5.41) is 5.44. The number of hydrogen-bond acceptors (Lipinski definition) is 9. The van der Waals surface area contributed by atoms with Gasteiger partial charge in [0.05, 0.1) is 48.4 Å². The second-order valence-corrected chi connectivity index (χ2v) is 18.6. The minimum atomic E-state index is -0.727. The SMILES string of the molecule is COC(=O)NC(C(=O)N1CCCC1c1nc2ccc(/C=C(\COc3ccc(C(C)(C)C)cc3)c3ccc4nc(C5CCCN5C(=O)C(NC(=O)OC)C(C)C)[nH]c4c3)cc2[nH]1)C(C)C. The number of aromatic amines is 2. The van der Waals surface area contributed by atoms with Crippen molar-refractivity contribution in [3.63, 3.8) is 0 Å². The molecule has 0 radical (unpaired) electrons. The Bertz CT molecular complexity index is 2520. The fourth-order valence-corrected chi connectivity index (χ4v) is 8.69. The summed E-state index contributed by atoms with van der Waals surface area (Å²) in [6.07, 6.45) is 3.95. The smallest absolute Gasteiger partial charge is 0.407 e. The number of alkyl carbamates (subject to hydrolysis) is 2. The summed E-state index contributed by atoms with van der Waals surface area (Å²) in [5.74, 6) is 1.55. The number of hydrogen-bond donors (Lipinski definition) is 4. The normalized spacial score (nSPS) is 17.9. The van der Waals surface area contributed by atoms with E-state index >= 15 is 0 Å². The second-order valence-electron chi connectivity index (χ2n) is 18.6. The number of benzene rings is 3. The first-order chi connectivity index (χ1) is 30.5. The van der Waals surface area contributed by atoms with Gasteiger partial charge in [-0.05, 0) is 108 Å². The molecule has 2 fully saturated rings. The molecule has 0 spiro atoms. The maximum atomic E-state index is 13.8. The van der Waals surface area contributed by atoms with E-state index in [1.54, 1.807) is 0 Å². The standard InChI is InChI=1S/C49H62N8O7/c1-28(2)41(54-47(60)62-8)45(58)56-22-10-12-39(56)43-50-35-20-14-30(25-37(35)52-43)24-32(27-64-34-18-16-33(17-19-34)49(5,6)7)31-15-21-36-38(26-31)53-44(51-36)40-13-11-23-57(40)46(59)42(29(3)4)55-48(61)63-9/h14-21,24-26,28-29,39-42H,10-13,22-23,27H2,1-9H3,(H,50,52)(H,51,53)(H,54,60)(H,55,61)/b32-24+. The van der Waals surface area contributed by atoms with Crippen molar-refractivity contribution in [2.75, 3.05) is 33.9 Å². The van der Waals surface area contributed by atoms with E-state index in [0.717, 1.165) is 70.2 Å². The van der Waals surface area contributed by atoms with Crippen molar-refractivity contribution < 1.29 is 33.4 Å². The lowest BCUT2D eigenvalue weighted by atomic mass is 9.87. The Morgan fingerprint density at radius 2 is 1.23 bits per heavy atom. The van der Waals surface area contributed by atoms with E-state index in [1.807, 2.05) is 73.9 Å². The highest BCUT2D eigenvalue weighted by molar-refractivity contribution is 5.90. The number of carbonyl (C=O) groups is 4. The van der Waals surface area contributed by atoms with Gasteiger partial charge in [-0.1, -0.05) is 72.7 Å². The minimum absolute atomic E-state index is 0.00973. The quantitative estimate of drug-likeness (QED) is 0.0844. The highest BCUT2D eigenvalue weighted by Crippen LogP contribution is 2.35. The second kappa shape index (κ2) is 19.2. The summed E-state index contributed by atoms with van der Waals surface area (Å²) in [4.78, 5) is 72.5. The van der Waals surface area contributed by atoms with E-state index in [9.17, 15) is 19.2 Å². The predicted molar refractivity (Wildman–Crippen MR) is 246 cm³/mol. The first-order valence-corrected chi connectivity index (χ1v) is 22.3. The first-order valence-electron chi connectivity index (χ1n) is 22.3. The van der Waals surface area contributed by atoms with Crippen LogP contribution in [-0.2, 0) is 24.5 Å². The fraction of sp³-hybridized carbons (Fsp3) is 0.469. The van der Waals surface area contributed by atoms with Crippen LogP contribution in [-0.4, -0.2) is 99.7 Å². The number of fused-ring (bicyclic) bond motifs is 2. The van der Waals surface area contributed by atoms with E-state index < -0.39 is 24.3 Å². The van der Waals surface area contributed by atoms with Crippen molar-refractivity contribution in [1.29, 1.82) is 0 Å². The zero-order valence-corrected chi connectivity index (χ0v) is 38.4. The summed E-state index contributed by atoms with van der Waals surface area (Å²) in [5.41, 5.74) is 7.22. The Hall–Kier alpha value is -6.38. The van der Waals surface area contributed by atoms with Gasteiger partial charge in [-0.15, -0.1) is 0 Å². The highest BCUT2D eigenvalue weighted by Gasteiger charge is 2.39. The highest BCUT2D eigenvalue weighted by atomic mass is 16.5. The van der Waals surface area contributed by atoms with Gasteiger partial charge in [-0.3, -0.25) is 9.59 Å². The van der Waals surface area contributed by atoms with E-state index in [4.69, 9.17) is 24.2 Å². The number of H-pyrrole nitrogens is 2. The van der Waals surface area contributed by atoms with Crippen molar-refractivity contribution in [3.8, 4) is 5.75 Å². The Morgan fingerprint density at radius 3 is 1.72 bits per heavy atom. The number of amides is 4. The van der Waals surface area contributed by atoms with Gasteiger partial charge in [0.15, 0.2) is 0 Å². The Balaban J connectivity index is 1.18. The molecule has 64 heavy (non-hydrogen) atoms. The Labute approximate surface area is 374 Å². The summed E-state index contributed by atoms with van der Waals surface area (Å²) >= 11 is 0. The summed E-state index contributed by atoms with van der Waals surface area (Å²) in [6, 6.07) is 18.4. The Morgan fingerprint density at radius 1 is 0.734 bits per heavy atom. The maximum Gasteiger partial charge on any atom is 0.407 e. The van der Waals surface area contributed by atoms with Crippen LogP contribution in [0.25, 0.3) is 33.7 Å². The van der Waals surface area contributed by atoms with Gasteiger partial charge in [-0.25, -0.2) is 19.6 Å². The summed E-state index contributed by atoms with van der Waals surface area (Å²) in [7, 11) is 2.58. The number of nitrogens with one attached hydrogen (secondary N) is 4. The number of nitrogens with zero attached hydrogens (tertiary/aromatic N) is 4. The zero-order chi connectivity index (χ0) is 45.9. The molecule has 4 amide bonds. The third-order valence-corrected chi connectivity index (χ3v) is 12.3. The molecule has 4 N–H and O–H groups in total. The van der Waals surface area contributed by atoms with Gasteiger partial charge in [0.2, 0.25) is 11.8 Å². The molecule has 2 aromatic heterocycles. The van der Waals surface area contributed by atoms with Gasteiger partial charge in [0, 0.05) is 13.1 Å². The number of methoxy groups -OCH3 is 2. The van der Waals surface area contributed by atoms with Gasteiger partial charge in [0.1, 0.15) is 36.1 Å².